The maximum absolute atomic E-state index is 13.4. The average Bonchev–Trinajstić information content (AvgIpc) is 3.75. The highest BCUT2D eigenvalue weighted by Crippen LogP contribution is 2.33. The predicted octanol–water partition coefficient (Wildman–Crippen LogP) is 4.07. The summed E-state index contributed by atoms with van der Waals surface area (Å²) in [6.07, 6.45) is 4.72. The molecule has 1 atom stereocenters. The number of carbonyl (C=O) groups is 1. The van der Waals surface area contributed by atoms with Crippen LogP contribution in [0.15, 0.2) is 35.7 Å². The third-order valence-electron chi connectivity index (χ3n) is 4.78. The minimum Gasteiger partial charge on any atom is -0.494 e. The van der Waals surface area contributed by atoms with E-state index in [0.29, 0.717) is 5.92 Å². The normalized spacial score (nSPS) is 13.7. The lowest BCUT2D eigenvalue weighted by molar-refractivity contribution is 0.0998. The van der Waals surface area contributed by atoms with Crippen LogP contribution in [0.1, 0.15) is 62.5 Å². The zero-order valence-corrected chi connectivity index (χ0v) is 22.3. The smallest absolute Gasteiger partial charge is 0.300 e. The van der Waals surface area contributed by atoms with Gasteiger partial charge < -0.3 is 21.5 Å². The van der Waals surface area contributed by atoms with Gasteiger partial charge in [0.1, 0.15) is 22.2 Å². The summed E-state index contributed by atoms with van der Waals surface area (Å²) in [6.45, 7) is 4.00. The zero-order chi connectivity index (χ0) is 28.2. The zero-order valence-electron chi connectivity index (χ0n) is 21.5. The van der Waals surface area contributed by atoms with E-state index in [1.807, 2.05) is 13.8 Å². The van der Waals surface area contributed by atoms with Crippen molar-refractivity contribution in [2.24, 2.45) is 22.4 Å². The summed E-state index contributed by atoms with van der Waals surface area (Å²) in [5.74, 6) is 5.08. The molecule has 0 aliphatic heterocycles. The van der Waals surface area contributed by atoms with E-state index < -0.39 is 24.1 Å². The molecule has 6 N–H and O–H groups in total. The number of ether oxygens (including phenoxy) is 1. The van der Waals surface area contributed by atoms with Crippen molar-refractivity contribution in [2.75, 3.05) is 14.2 Å². The molecule has 0 radical (unpaired) electrons. The van der Waals surface area contributed by atoms with Crippen LogP contribution in [0.3, 0.4) is 0 Å². The van der Waals surface area contributed by atoms with Gasteiger partial charge in [-0.05, 0) is 48.9 Å². The molecular formula is C25H32F2N8O2S. The SMILES string of the molecule is CC.CN/C=C\C(N)c1cnc(C(=O)N=C(N)SC(=N)C#CC2CC2)c(-c2cc(C(F)F)ncc2OC)n1.[HH]. The van der Waals surface area contributed by atoms with E-state index in [9.17, 15) is 13.6 Å². The Bertz CT molecular complexity index is 1280. The van der Waals surface area contributed by atoms with E-state index in [1.165, 1.54) is 13.3 Å². The molecule has 1 amide bonds. The molecule has 0 saturated heterocycles. The number of carbonyl (C=O) groups excluding carboxylic acids is 1. The van der Waals surface area contributed by atoms with Gasteiger partial charge in [0, 0.05) is 20.0 Å². The first-order valence-corrected chi connectivity index (χ1v) is 12.5. The van der Waals surface area contributed by atoms with Crippen LogP contribution in [-0.4, -0.2) is 45.2 Å². The number of pyridine rings is 1. The van der Waals surface area contributed by atoms with E-state index in [4.69, 9.17) is 21.6 Å². The molecular weight excluding hydrogens is 514 g/mol. The van der Waals surface area contributed by atoms with Crippen LogP contribution >= 0.6 is 11.8 Å². The third kappa shape index (κ3) is 8.60. The minimum absolute atomic E-state index is 0. The molecule has 2 aromatic rings. The van der Waals surface area contributed by atoms with Crippen LogP contribution in [0.2, 0.25) is 0 Å². The molecule has 0 aromatic carbocycles. The number of hydrogen-bond acceptors (Lipinski definition) is 9. The number of nitrogens with zero attached hydrogens (tertiary/aromatic N) is 4. The highest BCUT2D eigenvalue weighted by Gasteiger charge is 2.24. The molecule has 0 spiro atoms. The molecule has 10 nitrogen and oxygen atoms in total. The molecule has 204 valence electrons. The van der Waals surface area contributed by atoms with Crippen LogP contribution in [-0.2, 0) is 0 Å². The number of thioether (sulfide) groups is 1. The number of nitrogens with one attached hydrogen (secondary N) is 2. The summed E-state index contributed by atoms with van der Waals surface area (Å²) < 4.78 is 32.1. The summed E-state index contributed by atoms with van der Waals surface area (Å²) in [4.78, 5) is 29.1. The van der Waals surface area contributed by atoms with Gasteiger partial charge in [0.15, 0.2) is 10.9 Å². The Morgan fingerprint density at radius 3 is 2.66 bits per heavy atom. The van der Waals surface area contributed by atoms with E-state index in [2.05, 4.69) is 37.1 Å². The Kier molecular flexibility index (Phi) is 11.8. The molecule has 1 unspecified atom stereocenters. The monoisotopic (exact) mass is 546 g/mol. The van der Waals surface area contributed by atoms with Gasteiger partial charge in [-0.3, -0.25) is 15.2 Å². The largest absolute Gasteiger partial charge is 0.494 e. The number of methoxy groups -OCH3 is 1. The van der Waals surface area contributed by atoms with Gasteiger partial charge in [-0.15, -0.1) is 0 Å². The van der Waals surface area contributed by atoms with Crippen molar-refractivity contribution in [3.63, 3.8) is 0 Å². The first-order valence-electron chi connectivity index (χ1n) is 11.7. The summed E-state index contributed by atoms with van der Waals surface area (Å²) in [6, 6.07) is 0.346. The number of amidine groups is 1. The van der Waals surface area contributed by atoms with Gasteiger partial charge in [0.05, 0.1) is 31.2 Å². The Morgan fingerprint density at radius 2 is 2.05 bits per heavy atom. The van der Waals surface area contributed by atoms with Crippen molar-refractivity contribution in [3.8, 4) is 28.8 Å². The van der Waals surface area contributed by atoms with Crippen molar-refractivity contribution < 1.29 is 19.7 Å². The molecule has 1 aliphatic rings. The number of alkyl halides is 2. The van der Waals surface area contributed by atoms with Crippen molar-refractivity contribution in [1.82, 2.24) is 20.3 Å². The molecule has 13 heteroatoms. The second-order valence-electron chi connectivity index (χ2n) is 7.51. The van der Waals surface area contributed by atoms with Gasteiger partial charge in [-0.2, -0.15) is 4.99 Å². The number of rotatable bonds is 7. The lowest BCUT2D eigenvalue weighted by atomic mass is 10.1. The number of halogens is 2. The maximum Gasteiger partial charge on any atom is 0.300 e. The number of nitrogens with two attached hydrogens (primary N) is 2. The van der Waals surface area contributed by atoms with Crippen LogP contribution in [0, 0.1) is 23.2 Å². The fourth-order valence-corrected chi connectivity index (χ4v) is 3.28. The van der Waals surface area contributed by atoms with E-state index in [1.54, 1.807) is 19.3 Å². The first kappa shape index (κ1) is 30.3. The second-order valence-corrected chi connectivity index (χ2v) is 8.54. The molecule has 2 aromatic heterocycles. The molecule has 1 fully saturated rings. The first-order chi connectivity index (χ1) is 18.2. The summed E-state index contributed by atoms with van der Waals surface area (Å²) in [7, 11) is 3.01. The topological polar surface area (TPSA) is 165 Å². The van der Waals surface area contributed by atoms with E-state index in [0.717, 1.165) is 36.9 Å². The van der Waals surface area contributed by atoms with Crippen molar-refractivity contribution in [3.05, 3.63) is 47.8 Å². The number of amides is 1. The molecule has 38 heavy (non-hydrogen) atoms. The number of hydrogen-bond donors (Lipinski definition) is 4. The molecule has 3 rings (SSSR count). The maximum atomic E-state index is 13.4. The number of aromatic nitrogens is 3. The van der Waals surface area contributed by atoms with Crippen molar-refractivity contribution >= 4 is 27.9 Å². The van der Waals surface area contributed by atoms with Gasteiger partial charge in [-0.25, -0.2) is 18.7 Å². The van der Waals surface area contributed by atoms with Crippen LogP contribution in [0.4, 0.5) is 8.78 Å². The van der Waals surface area contributed by atoms with Gasteiger partial charge in [-0.1, -0.05) is 19.8 Å². The average molecular weight is 547 g/mol. The van der Waals surface area contributed by atoms with Crippen molar-refractivity contribution in [2.45, 2.75) is 39.2 Å². The summed E-state index contributed by atoms with van der Waals surface area (Å²) in [5.41, 5.74) is 11.4. The lowest BCUT2D eigenvalue weighted by Crippen LogP contribution is -2.16. The van der Waals surface area contributed by atoms with Gasteiger partial charge in [0.2, 0.25) is 0 Å². The Labute approximate surface area is 225 Å². The molecule has 1 aliphatic carbocycles. The molecule has 1 saturated carbocycles. The van der Waals surface area contributed by atoms with Crippen molar-refractivity contribution in [1.29, 1.82) is 5.41 Å². The van der Waals surface area contributed by atoms with E-state index in [-0.39, 0.29) is 40.0 Å². The Hall–Kier alpha value is -3.89. The Balaban J connectivity index is 0.00000248. The van der Waals surface area contributed by atoms with Crippen LogP contribution in [0.25, 0.3) is 11.3 Å². The highest BCUT2D eigenvalue weighted by molar-refractivity contribution is 8.26. The Morgan fingerprint density at radius 1 is 1.34 bits per heavy atom. The van der Waals surface area contributed by atoms with Crippen LogP contribution in [0.5, 0.6) is 5.75 Å². The molecule has 2 heterocycles. The summed E-state index contributed by atoms with van der Waals surface area (Å²) in [5, 5.41) is 10.4. The lowest BCUT2D eigenvalue weighted by Gasteiger charge is -2.14. The summed E-state index contributed by atoms with van der Waals surface area (Å²) >= 11 is 0.724. The highest BCUT2D eigenvalue weighted by atomic mass is 32.2. The fourth-order valence-electron chi connectivity index (χ4n) is 2.83. The third-order valence-corrected chi connectivity index (χ3v) is 5.38. The van der Waals surface area contributed by atoms with Gasteiger partial charge >= 0.3 is 0 Å². The minimum atomic E-state index is -2.88. The van der Waals surface area contributed by atoms with E-state index >= 15 is 0 Å². The standard InChI is InChI=1S/C23H24F2N8O2S.C2H6.H2/c1-29-8-7-14(26)16-10-31-20(22(34)33-23(28)36-18(27)6-5-12-3-4-12)19(32-16)13-9-15(21(24)25)30-11-17(13)35-2;1-2;/h7-12,14,21,27,29H,3-4,26H2,1-2H3,(H2,28,33,34);1-2H3;1H/b8-7-,27-18?;;. The van der Waals surface area contributed by atoms with Crippen LogP contribution < -0.4 is 21.5 Å². The second kappa shape index (κ2) is 14.7. The number of aliphatic imine (C=N–C) groups is 1. The fraction of sp³-hybridized carbons (Fsp3) is 0.360. The molecule has 0 bridgehead atoms. The predicted molar refractivity (Wildman–Crippen MR) is 147 cm³/mol. The van der Waals surface area contributed by atoms with Gasteiger partial charge in [0.25, 0.3) is 12.3 Å². The quantitative estimate of drug-likeness (QED) is 0.227.